The molecule has 0 bridgehead atoms. The Morgan fingerprint density at radius 1 is 1.24 bits per heavy atom. The molecule has 8 heteroatoms. The van der Waals surface area contributed by atoms with E-state index in [0.29, 0.717) is 0 Å². The van der Waals surface area contributed by atoms with Crippen LogP contribution >= 0.6 is 11.8 Å². The number of hydrogen-bond donors (Lipinski definition) is 1. The van der Waals surface area contributed by atoms with Gasteiger partial charge in [0.2, 0.25) is 0 Å². The molecule has 0 unspecified atom stereocenters. The zero-order chi connectivity index (χ0) is 18.3. The molecule has 2 aromatic carbocycles. The van der Waals surface area contributed by atoms with E-state index in [1.807, 2.05) is 30.5 Å². The Hall–Kier alpha value is -2.48. The number of nitrogens with zero attached hydrogens (tertiary/aromatic N) is 1. The first-order valence-corrected chi connectivity index (χ1v) is 8.37. The normalized spacial score (nSPS) is 11.5. The lowest BCUT2D eigenvalue weighted by atomic mass is 10.2. The number of carbonyl (C=O) groups is 1. The molecule has 0 aliphatic heterocycles. The first-order chi connectivity index (χ1) is 11.9. The van der Waals surface area contributed by atoms with Crippen LogP contribution in [-0.2, 0) is 11.0 Å². The van der Waals surface area contributed by atoms with E-state index >= 15 is 0 Å². The molecule has 4 nitrogen and oxygen atoms in total. The van der Waals surface area contributed by atoms with Crippen molar-refractivity contribution in [2.45, 2.75) is 11.1 Å². The van der Waals surface area contributed by atoms with Crippen molar-refractivity contribution in [3.05, 3.63) is 59.7 Å². The first kappa shape index (κ1) is 18.9. The topological polar surface area (TPSA) is 50.7 Å². The molecule has 132 valence electrons. The van der Waals surface area contributed by atoms with E-state index in [-0.39, 0.29) is 5.75 Å². The zero-order valence-corrected chi connectivity index (χ0v) is 14.0. The van der Waals surface area contributed by atoms with Gasteiger partial charge in [0, 0.05) is 4.90 Å². The van der Waals surface area contributed by atoms with Gasteiger partial charge in [-0.05, 0) is 42.2 Å². The van der Waals surface area contributed by atoms with E-state index in [1.54, 1.807) is 11.8 Å². The predicted octanol–water partition coefficient (Wildman–Crippen LogP) is 3.96. The molecule has 0 fully saturated rings. The van der Waals surface area contributed by atoms with E-state index in [2.05, 4.69) is 10.5 Å². The molecule has 0 aliphatic carbocycles. The first-order valence-electron chi connectivity index (χ1n) is 7.14. The Kier molecular flexibility index (Phi) is 6.46. The summed E-state index contributed by atoms with van der Waals surface area (Å²) in [7, 11) is 0. The smallest absolute Gasteiger partial charge is 0.416 e. The minimum atomic E-state index is -4.46. The summed E-state index contributed by atoms with van der Waals surface area (Å²) in [6, 6.07) is 11.9. The second kappa shape index (κ2) is 8.57. The third kappa shape index (κ3) is 6.15. The highest BCUT2D eigenvalue weighted by Crippen LogP contribution is 2.31. The second-order valence-electron chi connectivity index (χ2n) is 4.88. The van der Waals surface area contributed by atoms with Crippen LogP contribution in [-0.4, -0.2) is 25.0 Å². The number of amides is 1. The molecular weight excluding hydrogens is 353 g/mol. The molecule has 0 saturated heterocycles. The van der Waals surface area contributed by atoms with E-state index in [1.165, 1.54) is 18.3 Å². The Bertz CT molecular complexity index is 746. The summed E-state index contributed by atoms with van der Waals surface area (Å²) >= 11 is 1.61. The summed E-state index contributed by atoms with van der Waals surface area (Å²) in [6.07, 6.45) is -1.03. The molecule has 0 spiro atoms. The Morgan fingerprint density at radius 3 is 2.60 bits per heavy atom. The molecule has 1 amide bonds. The van der Waals surface area contributed by atoms with Crippen molar-refractivity contribution >= 4 is 23.9 Å². The number of hydrogen-bond acceptors (Lipinski definition) is 4. The molecular formula is C17H15F3N2O2S. The molecule has 25 heavy (non-hydrogen) atoms. The number of alkyl halides is 3. The fourth-order valence-electron chi connectivity index (χ4n) is 1.81. The number of halogens is 3. The van der Waals surface area contributed by atoms with Crippen LogP contribution in [0.4, 0.5) is 13.2 Å². The number of nitrogens with one attached hydrogen (secondary N) is 1. The molecule has 1 N–H and O–H groups in total. The van der Waals surface area contributed by atoms with Gasteiger partial charge in [-0.25, -0.2) is 5.43 Å². The quantitative estimate of drug-likeness (QED) is 0.477. The number of carbonyl (C=O) groups excluding carboxylic acids is 1. The Labute approximate surface area is 147 Å². The number of hydrazone groups is 1. The van der Waals surface area contributed by atoms with Crippen LogP contribution in [0.5, 0.6) is 5.75 Å². The van der Waals surface area contributed by atoms with Gasteiger partial charge in [-0.15, -0.1) is 11.8 Å². The minimum absolute atomic E-state index is 0.0402. The molecule has 0 heterocycles. The van der Waals surface area contributed by atoms with E-state index in [4.69, 9.17) is 4.74 Å². The highest BCUT2D eigenvalue weighted by Gasteiger charge is 2.30. The lowest BCUT2D eigenvalue weighted by Gasteiger charge is -2.09. The number of ether oxygens (including phenoxy) is 1. The number of rotatable bonds is 6. The van der Waals surface area contributed by atoms with E-state index < -0.39 is 24.3 Å². The summed E-state index contributed by atoms with van der Waals surface area (Å²) in [6.45, 7) is -0.440. The average molecular weight is 368 g/mol. The van der Waals surface area contributed by atoms with Crippen molar-refractivity contribution in [2.24, 2.45) is 5.10 Å². The number of benzene rings is 2. The standard InChI is InChI=1S/C17H15F3N2O2S/c1-25-15-7-5-12(6-8-15)10-21-22-16(23)11-24-14-4-2-3-13(9-14)17(18,19)20/h2-10H,11H2,1H3,(H,22,23)/b21-10-. The molecule has 0 atom stereocenters. The van der Waals surface area contributed by atoms with Crippen molar-refractivity contribution in [2.75, 3.05) is 12.9 Å². The van der Waals surface area contributed by atoms with Crippen LogP contribution in [0, 0.1) is 0 Å². The highest BCUT2D eigenvalue weighted by molar-refractivity contribution is 7.98. The monoisotopic (exact) mass is 368 g/mol. The molecule has 2 rings (SSSR count). The van der Waals surface area contributed by atoms with Gasteiger partial charge in [0.05, 0.1) is 11.8 Å². The Balaban J connectivity index is 1.83. The largest absolute Gasteiger partial charge is 0.484 e. The third-order valence-corrected chi connectivity index (χ3v) is 3.79. The fourth-order valence-corrected chi connectivity index (χ4v) is 2.22. The summed E-state index contributed by atoms with van der Waals surface area (Å²) in [5.41, 5.74) is 2.22. The SMILES string of the molecule is CSc1ccc(/C=N\NC(=O)COc2cccc(C(F)(F)F)c2)cc1. The van der Waals surface area contributed by atoms with Crippen LogP contribution in [0.25, 0.3) is 0 Å². The van der Waals surface area contributed by atoms with Gasteiger partial charge in [0.25, 0.3) is 5.91 Å². The fraction of sp³-hybridized carbons (Fsp3) is 0.176. The molecule has 0 radical (unpaired) electrons. The van der Waals surface area contributed by atoms with Crippen molar-refractivity contribution in [3.63, 3.8) is 0 Å². The molecule has 0 aromatic heterocycles. The minimum Gasteiger partial charge on any atom is -0.484 e. The Morgan fingerprint density at radius 2 is 1.96 bits per heavy atom. The summed E-state index contributed by atoms with van der Waals surface area (Å²) in [5.74, 6) is -0.615. The highest BCUT2D eigenvalue weighted by atomic mass is 32.2. The van der Waals surface area contributed by atoms with Gasteiger partial charge in [-0.3, -0.25) is 4.79 Å². The molecule has 0 saturated carbocycles. The summed E-state index contributed by atoms with van der Waals surface area (Å²) < 4.78 is 42.8. The van der Waals surface area contributed by atoms with Crippen LogP contribution in [0.2, 0.25) is 0 Å². The van der Waals surface area contributed by atoms with Gasteiger partial charge in [0.1, 0.15) is 5.75 Å². The maximum absolute atomic E-state index is 12.6. The maximum Gasteiger partial charge on any atom is 0.416 e. The lowest BCUT2D eigenvalue weighted by molar-refractivity contribution is -0.137. The average Bonchev–Trinajstić information content (AvgIpc) is 2.60. The third-order valence-electron chi connectivity index (χ3n) is 3.05. The predicted molar refractivity (Wildman–Crippen MR) is 90.9 cm³/mol. The summed E-state index contributed by atoms with van der Waals surface area (Å²) in [4.78, 5) is 12.7. The van der Waals surface area contributed by atoms with E-state index in [9.17, 15) is 18.0 Å². The molecule has 2 aromatic rings. The van der Waals surface area contributed by atoms with Crippen LogP contribution in [0.1, 0.15) is 11.1 Å². The van der Waals surface area contributed by atoms with Crippen LogP contribution in [0.15, 0.2) is 58.5 Å². The zero-order valence-electron chi connectivity index (χ0n) is 13.2. The van der Waals surface area contributed by atoms with E-state index in [0.717, 1.165) is 22.6 Å². The van der Waals surface area contributed by atoms with Crippen LogP contribution in [0.3, 0.4) is 0 Å². The van der Waals surface area contributed by atoms with Crippen molar-refractivity contribution < 1.29 is 22.7 Å². The van der Waals surface area contributed by atoms with Gasteiger partial charge >= 0.3 is 6.18 Å². The second-order valence-corrected chi connectivity index (χ2v) is 5.76. The van der Waals surface area contributed by atoms with Crippen molar-refractivity contribution in [1.29, 1.82) is 0 Å². The van der Waals surface area contributed by atoms with Crippen LogP contribution < -0.4 is 10.2 Å². The maximum atomic E-state index is 12.6. The lowest BCUT2D eigenvalue weighted by Crippen LogP contribution is -2.24. The summed E-state index contributed by atoms with van der Waals surface area (Å²) in [5, 5.41) is 3.77. The van der Waals surface area contributed by atoms with Gasteiger partial charge < -0.3 is 4.74 Å². The molecule has 0 aliphatic rings. The van der Waals surface area contributed by atoms with Gasteiger partial charge in [0.15, 0.2) is 6.61 Å². The van der Waals surface area contributed by atoms with Crippen molar-refractivity contribution in [3.8, 4) is 5.75 Å². The van der Waals surface area contributed by atoms with Crippen molar-refractivity contribution in [1.82, 2.24) is 5.43 Å². The van der Waals surface area contributed by atoms with Gasteiger partial charge in [-0.2, -0.15) is 18.3 Å². The van der Waals surface area contributed by atoms with Gasteiger partial charge in [-0.1, -0.05) is 18.2 Å². The number of thioether (sulfide) groups is 1.